The van der Waals surface area contributed by atoms with Gasteiger partial charge in [-0.05, 0) is 39.2 Å². The lowest BCUT2D eigenvalue weighted by Gasteiger charge is -2.48. The van der Waals surface area contributed by atoms with Crippen molar-refractivity contribution < 1.29 is 0 Å². The van der Waals surface area contributed by atoms with Gasteiger partial charge in [0.15, 0.2) is 0 Å². The van der Waals surface area contributed by atoms with Gasteiger partial charge in [0.05, 0.1) is 0 Å². The maximum Gasteiger partial charge on any atom is 0.0306 e. The number of nitrogens with two attached hydrogens (primary N) is 1. The fourth-order valence-electron chi connectivity index (χ4n) is 3.46. The van der Waals surface area contributed by atoms with Crippen molar-refractivity contribution in [2.24, 2.45) is 5.73 Å². The zero-order valence-electron chi connectivity index (χ0n) is 12.9. The molecule has 2 N–H and O–H groups in total. The van der Waals surface area contributed by atoms with Crippen LogP contribution in [0.4, 0.5) is 0 Å². The molecular weight excluding hydrogens is 220 g/mol. The molecule has 108 valence electrons. The lowest BCUT2D eigenvalue weighted by Crippen LogP contribution is -2.57. The Morgan fingerprint density at radius 2 is 1.94 bits per heavy atom. The lowest BCUT2D eigenvalue weighted by atomic mass is 9.86. The fraction of sp³-hybridized carbons (Fsp3) is 1.00. The van der Waals surface area contributed by atoms with Crippen LogP contribution in [-0.4, -0.2) is 29.6 Å². The summed E-state index contributed by atoms with van der Waals surface area (Å²) in [6.45, 7) is 9.07. The van der Waals surface area contributed by atoms with Crippen molar-refractivity contribution in [1.82, 2.24) is 4.90 Å². The zero-order valence-corrected chi connectivity index (χ0v) is 12.9. The lowest BCUT2D eigenvalue weighted by molar-refractivity contribution is 0.0220. The van der Waals surface area contributed by atoms with Crippen LogP contribution < -0.4 is 5.73 Å². The number of piperidine rings is 1. The minimum absolute atomic E-state index is 0.245. The highest BCUT2D eigenvalue weighted by Crippen LogP contribution is 2.31. The van der Waals surface area contributed by atoms with Gasteiger partial charge >= 0.3 is 0 Å². The second-order valence-corrected chi connectivity index (χ2v) is 6.29. The summed E-state index contributed by atoms with van der Waals surface area (Å²) in [5, 5.41) is 0. The van der Waals surface area contributed by atoms with Crippen molar-refractivity contribution in [3.05, 3.63) is 0 Å². The van der Waals surface area contributed by atoms with Gasteiger partial charge in [0.2, 0.25) is 0 Å². The minimum Gasteiger partial charge on any atom is -0.329 e. The third-order valence-corrected chi connectivity index (χ3v) is 4.70. The quantitative estimate of drug-likeness (QED) is 0.665. The van der Waals surface area contributed by atoms with E-state index in [0.717, 1.165) is 12.6 Å². The van der Waals surface area contributed by atoms with Gasteiger partial charge in [-0.2, -0.15) is 0 Å². The fourth-order valence-corrected chi connectivity index (χ4v) is 3.46. The number of nitrogens with zero attached hydrogens (tertiary/aromatic N) is 1. The number of likely N-dealkylation sites (tertiary alicyclic amines) is 1. The summed E-state index contributed by atoms with van der Waals surface area (Å²) >= 11 is 0. The normalized spacial score (nSPS) is 25.0. The molecule has 18 heavy (non-hydrogen) atoms. The molecular formula is C16H34N2. The molecule has 0 aromatic heterocycles. The molecule has 0 aliphatic carbocycles. The van der Waals surface area contributed by atoms with Gasteiger partial charge in [-0.1, -0.05) is 46.0 Å². The van der Waals surface area contributed by atoms with E-state index in [9.17, 15) is 0 Å². The molecule has 0 spiro atoms. The minimum atomic E-state index is 0.245. The molecule has 1 rings (SSSR count). The second-order valence-electron chi connectivity index (χ2n) is 6.29. The van der Waals surface area contributed by atoms with Gasteiger partial charge in [-0.3, -0.25) is 4.90 Å². The average Bonchev–Trinajstić information content (AvgIpc) is 2.40. The predicted molar refractivity (Wildman–Crippen MR) is 80.9 cm³/mol. The van der Waals surface area contributed by atoms with Crippen molar-refractivity contribution in [3.63, 3.8) is 0 Å². The first kappa shape index (κ1) is 16.0. The molecule has 0 bridgehead atoms. The van der Waals surface area contributed by atoms with E-state index in [1.165, 1.54) is 64.3 Å². The number of unbranched alkanes of at least 4 members (excludes halogenated alkanes) is 2. The summed E-state index contributed by atoms with van der Waals surface area (Å²) in [6.07, 6.45) is 12.1. The summed E-state index contributed by atoms with van der Waals surface area (Å²) in [5.74, 6) is 0. The third kappa shape index (κ3) is 4.24. The van der Waals surface area contributed by atoms with Crippen molar-refractivity contribution in [3.8, 4) is 0 Å². The largest absolute Gasteiger partial charge is 0.329 e. The third-order valence-electron chi connectivity index (χ3n) is 4.70. The molecule has 0 radical (unpaired) electrons. The average molecular weight is 254 g/mol. The molecule has 0 amide bonds. The Morgan fingerprint density at radius 1 is 1.17 bits per heavy atom. The first-order valence-electron chi connectivity index (χ1n) is 8.14. The van der Waals surface area contributed by atoms with Gasteiger partial charge in [-0.25, -0.2) is 0 Å². The molecule has 1 fully saturated rings. The molecule has 1 heterocycles. The topological polar surface area (TPSA) is 29.3 Å². The molecule has 2 atom stereocenters. The second kappa shape index (κ2) is 8.16. The Bertz CT molecular complexity index is 215. The van der Waals surface area contributed by atoms with E-state index in [1.54, 1.807) is 0 Å². The van der Waals surface area contributed by atoms with Crippen LogP contribution in [0.5, 0.6) is 0 Å². The molecule has 2 nitrogen and oxygen atoms in total. The van der Waals surface area contributed by atoms with Crippen LogP contribution in [0.25, 0.3) is 0 Å². The molecule has 1 aliphatic rings. The van der Waals surface area contributed by atoms with Gasteiger partial charge in [0.25, 0.3) is 0 Å². The van der Waals surface area contributed by atoms with E-state index < -0.39 is 0 Å². The molecule has 2 heteroatoms. The van der Waals surface area contributed by atoms with Crippen LogP contribution in [0.15, 0.2) is 0 Å². The van der Waals surface area contributed by atoms with E-state index in [2.05, 4.69) is 25.7 Å². The maximum atomic E-state index is 6.14. The molecule has 2 unspecified atom stereocenters. The number of rotatable bonds is 8. The van der Waals surface area contributed by atoms with Crippen LogP contribution in [0.2, 0.25) is 0 Å². The Balaban J connectivity index is 2.63. The van der Waals surface area contributed by atoms with Crippen molar-refractivity contribution >= 4 is 0 Å². The highest BCUT2D eigenvalue weighted by molar-refractivity contribution is 4.93. The van der Waals surface area contributed by atoms with E-state index >= 15 is 0 Å². The Kier molecular flexibility index (Phi) is 7.25. The molecule has 0 saturated carbocycles. The van der Waals surface area contributed by atoms with Gasteiger partial charge in [-0.15, -0.1) is 0 Å². The van der Waals surface area contributed by atoms with Crippen molar-refractivity contribution in [2.75, 3.05) is 13.1 Å². The standard InChI is InChI=1S/C16H34N2/c1-4-6-8-12-16(3,14-17)18-13-9-7-11-15(18)10-5-2/h15H,4-14,17H2,1-3H3. The zero-order chi connectivity index (χ0) is 13.4. The SMILES string of the molecule is CCCCCC(C)(CN)N1CCCCC1CCC. The smallest absolute Gasteiger partial charge is 0.0306 e. The molecule has 1 saturated heterocycles. The van der Waals surface area contributed by atoms with Crippen molar-refractivity contribution in [2.45, 2.75) is 90.1 Å². The van der Waals surface area contributed by atoms with Crippen LogP contribution >= 0.6 is 0 Å². The van der Waals surface area contributed by atoms with E-state index in [-0.39, 0.29) is 5.54 Å². The summed E-state index contributed by atoms with van der Waals surface area (Å²) in [6, 6.07) is 0.791. The Labute approximate surface area is 114 Å². The summed E-state index contributed by atoms with van der Waals surface area (Å²) < 4.78 is 0. The predicted octanol–water partition coefficient (Wildman–Crippen LogP) is 3.94. The van der Waals surface area contributed by atoms with Crippen LogP contribution in [0.3, 0.4) is 0 Å². The summed E-state index contributed by atoms with van der Waals surface area (Å²) in [5.41, 5.74) is 6.38. The van der Waals surface area contributed by atoms with Crippen molar-refractivity contribution in [1.29, 1.82) is 0 Å². The van der Waals surface area contributed by atoms with E-state index in [4.69, 9.17) is 5.73 Å². The first-order chi connectivity index (χ1) is 8.68. The van der Waals surface area contributed by atoms with Crippen LogP contribution in [0, 0.1) is 0 Å². The van der Waals surface area contributed by atoms with Gasteiger partial charge in [0.1, 0.15) is 0 Å². The van der Waals surface area contributed by atoms with E-state index in [0.29, 0.717) is 0 Å². The Hall–Kier alpha value is -0.0800. The van der Waals surface area contributed by atoms with Crippen LogP contribution in [-0.2, 0) is 0 Å². The summed E-state index contributed by atoms with van der Waals surface area (Å²) in [7, 11) is 0. The van der Waals surface area contributed by atoms with E-state index in [1.807, 2.05) is 0 Å². The van der Waals surface area contributed by atoms with Gasteiger partial charge < -0.3 is 5.73 Å². The molecule has 0 aromatic carbocycles. The van der Waals surface area contributed by atoms with Crippen LogP contribution in [0.1, 0.15) is 78.6 Å². The Morgan fingerprint density at radius 3 is 2.56 bits per heavy atom. The number of hydrogen-bond acceptors (Lipinski definition) is 2. The highest BCUT2D eigenvalue weighted by Gasteiger charge is 2.35. The summed E-state index contributed by atoms with van der Waals surface area (Å²) in [4.78, 5) is 2.76. The molecule has 1 aliphatic heterocycles. The first-order valence-corrected chi connectivity index (χ1v) is 8.14. The monoisotopic (exact) mass is 254 g/mol. The van der Waals surface area contributed by atoms with Gasteiger partial charge in [0, 0.05) is 18.1 Å². The number of hydrogen-bond donors (Lipinski definition) is 1. The molecule has 0 aromatic rings. The highest BCUT2D eigenvalue weighted by atomic mass is 15.2. The maximum absolute atomic E-state index is 6.14.